The maximum absolute atomic E-state index is 12.1. The number of hydrogen-bond donors (Lipinski definition) is 4. The first-order valence-corrected chi connectivity index (χ1v) is 14.1. The molecule has 0 atom stereocenters. The summed E-state index contributed by atoms with van der Waals surface area (Å²) in [6.45, 7) is 7.42. The van der Waals surface area contributed by atoms with E-state index in [0.29, 0.717) is 34.4 Å². The maximum atomic E-state index is 12.1. The van der Waals surface area contributed by atoms with Gasteiger partial charge in [0, 0.05) is 24.2 Å². The predicted molar refractivity (Wildman–Crippen MR) is 154 cm³/mol. The van der Waals surface area contributed by atoms with Crippen molar-refractivity contribution in [2.45, 2.75) is 53.6 Å². The van der Waals surface area contributed by atoms with Crippen molar-refractivity contribution in [2.24, 2.45) is 21.5 Å². The standard InChI is InChI=1S/C22H32N10O2S3/c1-13-9-15(3)31(29-13)11-19(33)27-21(25)36-17(23)5-7-35-8-6-18(24)37-22(26)28-20(34)12-32-16(4)10-14(2)30-32/h9-10,23-24H,5-8,11-12H2,1-4H3,(H2,25,27,33)(H2,26,28,34). The molecule has 37 heavy (non-hydrogen) atoms. The number of nitrogens with one attached hydrogen (secondary N) is 2. The van der Waals surface area contributed by atoms with Crippen molar-refractivity contribution >= 4 is 67.5 Å². The van der Waals surface area contributed by atoms with Crippen molar-refractivity contribution in [3.8, 4) is 0 Å². The minimum absolute atomic E-state index is 0.00117. The Morgan fingerprint density at radius 3 is 1.51 bits per heavy atom. The van der Waals surface area contributed by atoms with E-state index in [4.69, 9.17) is 22.3 Å². The Labute approximate surface area is 228 Å². The van der Waals surface area contributed by atoms with Gasteiger partial charge in [-0.2, -0.15) is 31.9 Å². The van der Waals surface area contributed by atoms with Gasteiger partial charge in [-0.3, -0.25) is 29.8 Å². The lowest BCUT2D eigenvalue weighted by Crippen LogP contribution is -2.17. The van der Waals surface area contributed by atoms with E-state index in [1.165, 1.54) is 0 Å². The maximum Gasteiger partial charge on any atom is 0.269 e. The molecule has 6 N–H and O–H groups in total. The summed E-state index contributed by atoms with van der Waals surface area (Å²) in [6.07, 6.45) is 0.921. The first-order valence-electron chi connectivity index (χ1n) is 11.3. The van der Waals surface area contributed by atoms with E-state index in [2.05, 4.69) is 20.2 Å². The van der Waals surface area contributed by atoms with E-state index in [9.17, 15) is 9.59 Å². The van der Waals surface area contributed by atoms with Gasteiger partial charge in [0.15, 0.2) is 10.3 Å². The minimum atomic E-state index is -0.425. The van der Waals surface area contributed by atoms with Crippen molar-refractivity contribution in [1.29, 1.82) is 10.8 Å². The van der Waals surface area contributed by atoms with E-state index in [0.717, 1.165) is 46.3 Å². The number of nitrogens with zero attached hydrogens (tertiary/aromatic N) is 6. The fourth-order valence-corrected chi connectivity index (χ4v) is 5.44. The molecule has 0 aliphatic carbocycles. The third-order valence-electron chi connectivity index (χ3n) is 4.65. The Hall–Kier alpha value is -2.91. The highest BCUT2D eigenvalue weighted by molar-refractivity contribution is 8.26. The van der Waals surface area contributed by atoms with Crippen LogP contribution in [-0.2, 0) is 22.7 Å². The molecule has 0 fully saturated rings. The van der Waals surface area contributed by atoms with Gasteiger partial charge in [-0.25, -0.2) is 0 Å². The Morgan fingerprint density at radius 1 is 0.811 bits per heavy atom. The Morgan fingerprint density at radius 2 is 1.19 bits per heavy atom. The van der Waals surface area contributed by atoms with Crippen molar-refractivity contribution in [3.63, 3.8) is 0 Å². The van der Waals surface area contributed by atoms with Gasteiger partial charge in [-0.1, -0.05) is 0 Å². The van der Waals surface area contributed by atoms with Crippen LogP contribution in [0.1, 0.15) is 35.6 Å². The number of thioether (sulfide) groups is 3. The number of hydrogen-bond acceptors (Lipinski definition) is 9. The van der Waals surface area contributed by atoms with Crippen LogP contribution in [0, 0.1) is 38.5 Å². The van der Waals surface area contributed by atoms with Crippen LogP contribution in [0.3, 0.4) is 0 Å². The highest BCUT2D eigenvalue weighted by atomic mass is 32.2. The van der Waals surface area contributed by atoms with Gasteiger partial charge in [0.2, 0.25) is 0 Å². The number of aryl methyl sites for hydroxylation is 4. The quantitative estimate of drug-likeness (QED) is 0.190. The van der Waals surface area contributed by atoms with Crippen LogP contribution in [0.25, 0.3) is 0 Å². The average Bonchev–Trinajstić information content (AvgIpc) is 3.25. The molecule has 0 aliphatic heterocycles. The van der Waals surface area contributed by atoms with Gasteiger partial charge in [-0.05, 0) is 74.9 Å². The fourth-order valence-electron chi connectivity index (χ4n) is 3.07. The van der Waals surface area contributed by atoms with Crippen LogP contribution < -0.4 is 11.5 Å². The monoisotopic (exact) mass is 564 g/mol. The number of nitrogens with two attached hydrogens (primary N) is 2. The number of amides is 2. The van der Waals surface area contributed by atoms with Crippen LogP contribution in [0.5, 0.6) is 0 Å². The lowest BCUT2D eigenvalue weighted by atomic mass is 10.4. The Bertz CT molecular complexity index is 1120. The third kappa shape index (κ3) is 11.3. The number of carbonyl (C=O) groups is 2. The molecule has 0 saturated carbocycles. The number of carbonyl (C=O) groups excluding carboxylic acids is 2. The smallest absolute Gasteiger partial charge is 0.269 e. The Balaban J connectivity index is 1.62. The zero-order valence-electron chi connectivity index (χ0n) is 21.3. The summed E-state index contributed by atoms with van der Waals surface area (Å²) in [5, 5.41) is 25.2. The first kappa shape index (κ1) is 30.3. The van der Waals surface area contributed by atoms with E-state index in [1.54, 1.807) is 21.1 Å². The van der Waals surface area contributed by atoms with Gasteiger partial charge in [0.25, 0.3) is 11.8 Å². The van der Waals surface area contributed by atoms with Crippen LogP contribution in [0.15, 0.2) is 22.1 Å². The number of aliphatic imine (C=N–C) groups is 2. The molecule has 0 saturated heterocycles. The van der Waals surface area contributed by atoms with E-state index in [1.807, 2.05) is 39.8 Å². The van der Waals surface area contributed by atoms with Crippen molar-refractivity contribution in [2.75, 3.05) is 11.5 Å². The largest absolute Gasteiger partial charge is 0.378 e. The summed E-state index contributed by atoms with van der Waals surface area (Å²) in [7, 11) is 0. The SMILES string of the molecule is Cc1cc(C)n(CC(=O)N=C(N)SC(=N)CCSCCC(=N)SC(N)=NC(=O)Cn2nc(C)cc2C)n1. The normalized spacial score (nSPS) is 12.1. The molecule has 200 valence electrons. The molecule has 0 aromatic carbocycles. The number of rotatable bonds is 10. The molecule has 2 aromatic rings. The van der Waals surface area contributed by atoms with Crippen LogP contribution in [-0.4, -0.2) is 63.3 Å². The summed E-state index contributed by atoms with van der Waals surface area (Å²) in [4.78, 5) is 31.8. The summed E-state index contributed by atoms with van der Waals surface area (Å²) < 4.78 is 3.13. The summed E-state index contributed by atoms with van der Waals surface area (Å²) in [6, 6.07) is 3.75. The molecule has 0 radical (unpaired) electrons. The summed E-state index contributed by atoms with van der Waals surface area (Å²) in [5.41, 5.74) is 15.0. The molecular weight excluding hydrogens is 533 g/mol. The highest BCUT2D eigenvalue weighted by Gasteiger charge is 2.11. The molecule has 2 heterocycles. The predicted octanol–water partition coefficient (Wildman–Crippen LogP) is 2.63. The second kappa shape index (κ2) is 14.7. The second-order valence-corrected chi connectivity index (χ2v) is 11.5. The highest BCUT2D eigenvalue weighted by Crippen LogP contribution is 2.15. The average molecular weight is 565 g/mol. The van der Waals surface area contributed by atoms with Crippen LogP contribution in [0.2, 0.25) is 0 Å². The van der Waals surface area contributed by atoms with Gasteiger partial charge in [0.1, 0.15) is 13.1 Å². The molecule has 15 heteroatoms. The third-order valence-corrected chi connectivity index (χ3v) is 7.14. The minimum Gasteiger partial charge on any atom is -0.378 e. The zero-order valence-corrected chi connectivity index (χ0v) is 23.7. The molecule has 12 nitrogen and oxygen atoms in total. The topological polar surface area (TPSA) is 194 Å². The molecule has 0 aliphatic rings. The molecule has 2 amide bonds. The zero-order chi connectivity index (χ0) is 27.5. The second-order valence-electron chi connectivity index (χ2n) is 8.02. The van der Waals surface area contributed by atoms with Gasteiger partial charge >= 0.3 is 0 Å². The van der Waals surface area contributed by atoms with Gasteiger partial charge < -0.3 is 11.5 Å². The summed E-state index contributed by atoms with van der Waals surface area (Å²) >= 11 is 3.50. The Kier molecular flexibility index (Phi) is 12.1. The van der Waals surface area contributed by atoms with Crippen molar-refractivity contribution in [3.05, 3.63) is 34.9 Å². The lowest BCUT2D eigenvalue weighted by Gasteiger charge is -2.05. The number of amidine groups is 2. The number of aromatic nitrogens is 4. The molecule has 0 unspecified atom stereocenters. The molecule has 2 aromatic heterocycles. The van der Waals surface area contributed by atoms with Crippen LogP contribution >= 0.6 is 35.3 Å². The molecule has 0 bridgehead atoms. The fraction of sp³-hybridized carbons (Fsp3) is 0.455. The molecule has 0 spiro atoms. The van der Waals surface area contributed by atoms with E-state index in [-0.39, 0.29) is 23.4 Å². The lowest BCUT2D eigenvalue weighted by molar-refractivity contribution is -0.119. The molecular formula is C22H32N10O2S3. The van der Waals surface area contributed by atoms with Crippen molar-refractivity contribution in [1.82, 2.24) is 19.6 Å². The van der Waals surface area contributed by atoms with Gasteiger partial charge in [-0.15, -0.1) is 0 Å². The molecule has 2 rings (SSSR count). The van der Waals surface area contributed by atoms with Crippen molar-refractivity contribution < 1.29 is 9.59 Å². The van der Waals surface area contributed by atoms with E-state index >= 15 is 0 Å². The first-order chi connectivity index (χ1) is 17.4. The van der Waals surface area contributed by atoms with Crippen LogP contribution in [0.4, 0.5) is 0 Å². The van der Waals surface area contributed by atoms with Gasteiger partial charge in [0.05, 0.1) is 21.5 Å². The van der Waals surface area contributed by atoms with E-state index < -0.39 is 11.8 Å². The summed E-state index contributed by atoms with van der Waals surface area (Å²) in [5.74, 6) is 0.458.